The minimum Gasteiger partial charge on any atom is -0.491 e. The highest BCUT2D eigenvalue weighted by molar-refractivity contribution is 5.97. The Morgan fingerprint density at radius 3 is 2.68 bits per heavy atom. The highest BCUT2D eigenvalue weighted by Crippen LogP contribution is 2.29. The molecule has 100 valence electrons. The van der Waals surface area contributed by atoms with Crippen molar-refractivity contribution in [1.29, 1.82) is 0 Å². The summed E-state index contributed by atoms with van der Waals surface area (Å²) in [4.78, 5) is 11.1. The number of carbonyl (C=O) groups is 1. The van der Waals surface area contributed by atoms with Crippen molar-refractivity contribution >= 4 is 16.7 Å². The summed E-state index contributed by atoms with van der Waals surface area (Å²) in [5.41, 5.74) is 1.34. The van der Waals surface area contributed by atoms with Gasteiger partial charge in [-0.2, -0.15) is 0 Å². The highest BCUT2D eigenvalue weighted by Gasteiger charge is 2.10. The van der Waals surface area contributed by atoms with Crippen molar-refractivity contribution in [1.82, 2.24) is 0 Å². The molecule has 0 amide bonds. The van der Waals surface area contributed by atoms with Crippen LogP contribution in [0.2, 0.25) is 0 Å². The van der Waals surface area contributed by atoms with Crippen LogP contribution in [0.25, 0.3) is 10.8 Å². The minimum absolute atomic E-state index is 0.105. The number of carboxylic acid groups (broad SMARTS) is 1. The number of hydrogen-bond acceptors (Lipinski definition) is 3. The summed E-state index contributed by atoms with van der Waals surface area (Å²) in [7, 11) is 0. The van der Waals surface area contributed by atoms with Gasteiger partial charge in [0.2, 0.25) is 0 Å². The second-order valence-corrected chi connectivity index (χ2v) is 4.26. The Bertz CT molecular complexity index is 604. The van der Waals surface area contributed by atoms with E-state index in [-0.39, 0.29) is 18.8 Å². The van der Waals surface area contributed by atoms with E-state index < -0.39 is 5.97 Å². The molecule has 0 aliphatic carbocycles. The summed E-state index contributed by atoms with van der Waals surface area (Å²) in [5.74, 6) is -0.491. The lowest BCUT2D eigenvalue weighted by atomic mass is 10.0. The molecule has 0 heterocycles. The van der Waals surface area contributed by atoms with Crippen molar-refractivity contribution in [2.24, 2.45) is 0 Å². The molecule has 19 heavy (non-hydrogen) atoms. The van der Waals surface area contributed by atoms with Gasteiger partial charge in [-0.3, -0.25) is 0 Å². The van der Waals surface area contributed by atoms with Crippen molar-refractivity contribution in [2.75, 3.05) is 13.2 Å². The lowest BCUT2D eigenvalue weighted by molar-refractivity contribution is 0.0696. The standard InChI is InChI=1S/C15H16O4/c1-2-10-3-4-11-8-12(15(17)18)9-14(13(11)7-10)19-6-5-16/h3-4,7-9,16H,2,5-6H2,1H3,(H,17,18). The second kappa shape index (κ2) is 5.71. The zero-order valence-corrected chi connectivity index (χ0v) is 10.7. The van der Waals surface area contributed by atoms with E-state index in [1.807, 2.05) is 18.2 Å². The van der Waals surface area contributed by atoms with Gasteiger partial charge in [-0.05, 0) is 35.6 Å². The van der Waals surface area contributed by atoms with Crippen LogP contribution in [0.5, 0.6) is 5.75 Å². The van der Waals surface area contributed by atoms with Crippen molar-refractivity contribution < 1.29 is 19.7 Å². The minimum atomic E-state index is -0.990. The predicted octanol–water partition coefficient (Wildman–Crippen LogP) is 2.47. The number of hydrogen-bond donors (Lipinski definition) is 2. The van der Waals surface area contributed by atoms with Crippen LogP contribution < -0.4 is 4.74 Å². The molecule has 4 heteroatoms. The van der Waals surface area contributed by atoms with E-state index in [0.29, 0.717) is 5.75 Å². The van der Waals surface area contributed by atoms with Crippen LogP contribution in [-0.4, -0.2) is 29.4 Å². The fourth-order valence-electron chi connectivity index (χ4n) is 1.99. The van der Waals surface area contributed by atoms with Crippen LogP contribution in [-0.2, 0) is 6.42 Å². The number of aromatic carboxylic acids is 1. The molecule has 0 aromatic heterocycles. The molecular formula is C15H16O4. The third kappa shape index (κ3) is 2.85. The van der Waals surface area contributed by atoms with Gasteiger partial charge in [0, 0.05) is 5.39 Å². The largest absolute Gasteiger partial charge is 0.491 e. The normalized spacial score (nSPS) is 10.6. The molecule has 0 bridgehead atoms. The first-order valence-electron chi connectivity index (χ1n) is 6.19. The molecule has 0 unspecified atom stereocenters. The maximum Gasteiger partial charge on any atom is 0.335 e. The summed E-state index contributed by atoms with van der Waals surface area (Å²) in [5, 5.41) is 19.6. The van der Waals surface area contributed by atoms with Crippen LogP contribution in [0.1, 0.15) is 22.8 Å². The van der Waals surface area contributed by atoms with Crippen molar-refractivity contribution in [3.8, 4) is 5.75 Å². The van der Waals surface area contributed by atoms with Crippen LogP contribution in [0.3, 0.4) is 0 Å². The molecular weight excluding hydrogens is 244 g/mol. The summed E-state index contributed by atoms with van der Waals surface area (Å²) in [6.07, 6.45) is 0.899. The van der Waals surface area contributed by atoms with Gasteiger partial charge in [0.1, 0.15) is 12.4 Å². The Morgan fingerprint density at radius 1 is 1.26 bits per heavy atom. The Hall–Kier alpha value is -2.07. The van der Waals surface area contributed by atoms with Gasteiger partial charge in [0.25, 0.3) is 0 Å². The number of ether oxygens (including phenoxy) is 1. The van der Waals surface area contributed by atoms with E-state index in [2.05, 4.69) is 6.92 Å². The predicted molar refractivity (Wildman–Crippen MR) is 72.9 cm³/mol. The molecule has 2 N–H and O–H groups in total. The van der Waals surface area contributed by atoms with E-state index in [4.69, 9.17) is 14.9 Å². The Morgan fingerprint density at radius 2 is 2.05 bits per heavy atom. The zero-order valence-electron chi connectivity index (χ0n) is 10.7. The molecule has 2 aromatic rings. The second-order valence-electron chi connectivity index (χ2n) is 4.26. The fourth-order valence-corrected chi connectivity index (χ4v) is 1.99. The quantitative estimate of drug-likeness (QED) is 0.866. The lowest BCUT2D eigenvalue weighted by Crippen LogP contribution is -2.04. The molecule has 0 aliphatic heterocycles. The highest BCUT2D eigenvalue weighted by atomic mass is 16.5. The van der Waals surface area contributed by atoms with Crippen molar-refractivity contribution in [3.63, 3.8) is 0 Å². The average molecular weight is 260 g/mol. The van der Waals surface area contributed by atoms with Gasteiger partial charge in [0.15, 0.2) is 0 Å². The number of aryl methyl sites for hydroxylation is 1. The van der Waals surface area contributed by atoms with E-state index in [1.165, 1.54) is 6.07 Å². The van der Waals surface area contributed by atoms with Crippen molar-refractivity contribution in [2.45, 2.75) is 13.3 Å². The summed E-state index contributed by atoms with van der Waals surface area (Å²) in [6, 6.07) is 8.99. The molecule has 0 radical (unpaired) electrons. The van der Waals surface area contributed by atoms with Crippen LogP contribution in [0.4, 0.5) is 0 Å². The van der Waals surface area contributed by atoms with Gasteiger partial charge in [-0.15, -0.1) is 0 Å². The van der Waals surface area contributed by atoms with Crippen LogP contribution >= 0.6 is 0 Å². The zero-order chi connectivity index (χ0) is 13.8. The summed E-state index contributed by atoms with van der Waals surface area (Å²) >= 11 is 0. The summed E-state index contributed by atoms with van der Waals surface area (Å²) < 4.78 is 5.45. The maximum atomic E-state index is 11.1. The molecule has 0 atom stereocenters. The lowest BCUT2D eigenvalue weighted by Gasteiger charge is -2.11. The number of fused-ring (bicyclic) bond motifs is 1. The third-order valence-electron chi connectivity index (χ3n) is 2.98. The van der Waals surface area contributed by atoms with Crippen LogP contribution in [0.15, 0.2) is 30.3 Å². The molecule has 0 saturated heterocycles. The number of rotatable bonds is 5. The monoisotopic (exact) mass is 260 g/mol. The molecule has 0 fully saturated rings. The van der Waals surface area contributed by atoms with E-state index in [9.17, 15) is 4.79 Å². The molecule has 0 spiro atoms. The number of aliphatic hydroxyl groups is 1. The van der Waals surface area contributed by atoms with Gasteiger partial charge in [0.05, 0.1) is 12.2 Å². The first-order chi connectivity index (χ1) is 9.15. The average Bonchev–Trinajstić information content (AvgIpc) is 2.43. The van der Waals surface area contributed by atoms with Crippen LogP contribution in [0, 0.1) is 0 Å². The van der Waals surface area contributed by atoms with Gasteiger partial charge in [-0.1, -0.05) is 19.1 Å². The third-order valence-corrected chi connectivity index (χ3v) is 2.98. The number of aliphatic hydroxyl groups excluding tert-OH is 1. The number of benzene rings is 2. The first-order valence-corrected chi connectivity index (χ1v) is 6.19. The summed E-state index contributed by atoms with van der Waals surface area (Å²) in [6.45, 7) is 2.10. The van der Waals surface area contributed by atoms with E-state index >= 15 is 0 Å². The number of carboxylic acids is 1. The topological polar surface area (TPSA) is 66.8 Å². The molecule has 0 aliphatic rings. The SMILES string of the molecule is CCc1ccc2cc(C(=O)O)cc(OCCO)c2c1. The van der Waals surface area contributed by atoms with Crippen molar-refractivity contribution in [3.05, 3.63) is 41.5 Å². The smallest absolute Gasteiger partial charge is 0.335 e. The van der Waals surface area contributed by atoms with Gasteiger partial charge < -0.3 is 14.9 Å². The van der Waals surface area contributed by atoms with E-state index in [1.54, 1.807) is 6.07 Å². The molecule has 2 rings (SSSR count). The Balaban J connectivity index is 2.60. The maximum absolute atomic E-state index is 11.1. The Labute approximate surface area is 111 Å². The first kappa shape index (κ1) is 13.4. The van der Waals surface area contributed by atoms with Gasteiger partial charge >= 0.3 is 5.97 Å². The molecule has 4 nitrogen and oxygen atoms in total. The molecule has 0 saturated carbocycles. The molecule has 2 aromatic carbocycles. The fraction of sp³-hybridized carbons (Fsp3) is 0.267. The Kier molecular flexibility index (Phi) is 4.02. The van der Waals surface area contributed by atoms with E-state index in [0.717, 1.165) is 22.8 Å². The van der Waals surface area contributed by atoms with Gasteiger partial charge in [-0.25, -0.2) is 4.79 Å².